The Morgan fingerprint density at radius 1 is 1.20 bits per heavy atom. The zero-order chi connectivity index (χ0) is 11.3. The van der Waals surface area contributed by atoms with Crippen molar-refractivity contribution in [2.75, 3.05) is 7.05 Å². The minimum atomic E-state index is 0.0565. The van der Waals surface area contributed by atoms with Crippen molar-refractivity contribution in [1.29, 1.82) is 0 Å². The van der Waals surface area contributed by atoms with E-state index in [0.717, 1.165) is 25.7 Å². The standard InChI is InChI=1S/C10H20N4O/c1-7(15)13-8-3-5-9(6-4-8)14-10(11)12-2/h8-9H,3-6H2,1-2H3,(H,13,15)(H3,11,12,14). The van der Waals surface area contributed by atoms with Gasteiger partial charge in [0, 0.05) is 26.1 Å². The molecule has 5 nitrogen and oxygen atoms in total. The van der Waals surface area contributed by atoms with E-state index in [4.69, 9.17) is 5.73 Å². The van der Waals surface area contributed by atoms with Crippen LogP contribution < -0.4 is 16.4 Å². The second-order valence-corrected chi connectivity index (χ2v) is 4.00. The maximum Gasteiger partial charge on any atom is 0.217 e. The highest BCUT2D eigenvalue weighted by Gasteiger charge is 2.21. The van der Waals surface area contributed by atoms with Crippen molar-refractivity contribution < 1.29 is 4.79 Å². The first-order valence-electron chi connectivity index (χ1n) is 5.37. The molecule has 0 aromatic carbocycles. The van der Waals surface area contributed by atoms with E-state index in [0.29, 0.717) is 18.0 Å². The second-order valence-electron chi connectivity index (χ2n) is 4.00. The van der Waals surface area contributed by atoms with E-state index in [2.05, 4.69) is 15.6 Å². The number of carbonyl (C=O) groups is 1. The number of amides is 1. The molecule has 15 heavy (non-hydrogen) atoms. The summed E-state index contributed by atoms with van der Waals surface area (Å²) in [4.78, 5) is 14.7. The van der Waals surface area contributed by atoms with Gasteiger partial charge in [-0.15, -0.1) is 0 Å². The highest BCUT2D eigenvalue weighted by molar-refractivity contribution is 5.78. The molecular weight excluding hydrogens is 192 g/mol. The van der Waals surface area contributed by atoms with Gasteiger partial charge in [0.05, 0.1) is 0 Å². The second kappa shape index (κ2) is 5.58. The molecule has 5 heteroatoms. The van der Waals surface area contributed by atoms with Crippen LogP contribution in [0.3, 0.4) is 0 Å². The third kappa shape index (κ3) is 4.18. The molecule has 0 aliphatic heterocycles. The van der Waals surface area contributed by atoms with Gasteiger partial charge in [-0.2, -0.15) is 0 Å². The number of hydrogen-bond donors (Lipinski definition) is 3. The summed E-state index contributed by atoms with van der Waals surface area (Å²) in [6.45, 7) is 1.56. The van der Waals surface area contributed by atoms with Crippen LogP contribution in [0.25, 0.3) is 0 Å². The molecule has 0 unspecified atom stereocenters. The third-order valence-electron chi connectivity index (χ3n) is 2.73. The van der Waals surface area contributed by atoms with Gasteiger partial charge in [0.15, 0.2) is 5.96 Å². The van der Waals surface area contributed by atoms with Crippen LogP contribution >= 0.6 is 0 Å². The van der Waals surface area contributed by atoms with Crippen LogP contribution in [0.15, 0.2) is 4.99 Å². The maximum atomic E-state index is 10.9. The highest BCUT2D eigenvalue weighted by atomic mass is 16.1. The SMILES string of the molecule is CN=C(N)NC1CCC(NC(C)=O)CC1. The number of rotatable bonds is 2. The highest BCUT2D eigenvalue weighted by Crippen LogP contribution is 2.18. The molecular formula is C10H20N4O. The molecule has 1 rings (SSSR count). The van der Waals surface area contributed by atoms with Crippen molar-refractivity contribution in [3.63, 3.8) is 0 Å². The predicted molar refractivity (Wildman–Crippen MR) is 60.5 cm³/mol. The molecule has 0 heterocycles. The lowest BCUT2D eigenvalue weighted by Gasteiger charge is -2.29. The third-order valence-corrected chi connectivity index (χ3v) is 2.73. The lowest BCUT2D eigenvalue weighted by molar-refractivity contribution is -0.119. The Labute approximate surface area is 90.5 Å². The molecule has 1 aliphatic carbocycles. The van der Waals surface area contributed by atoms with Gasteiger partial charge < -0.3 is 16.4 Å². The Kier molecular flexibility index (Phi) is 4.39. The van der Waals surface area contributed by atoms with E-state index >= 15 is 0 Å². The topological polar surface area (TPSA) is 79.5 Å². The molecule has 86 valence electrons. The van der Waals surface area contributed by atoms with Crippen LogP contribution in [0.1, 0.15) is 32.6 Å². The fraction of sp³-hybridized carbons (Fsp3) is 0.800. The van der Waals surface area contributed by atoms with E-state index < -0.39 is 0 Å². The fourth-order valence-corrected chi connectivity index (χ4v) is 1.94. The molecule has 0 atom stereocenters. The quantitative estimate of drug-likeness (QED) is 0.444. The average molecular weight is 212 g/mol. The summed E-state index contributed by atoms with van der Waals surface area (Å²) in [7, 11) is 1.67. The molecule has 0 radical (unpaired) electrons. The Morgan fingerprint density at radius 3 is 2.07 bits per heavy atom. The molecule has 1 aliphatic rings. The molecule has 1 fully saturated rings. The van der Waals surface area contributed by atoms with E-state index in [1.54, 1.807) is 14.0 Å². The maximum absolute atomic E-state index is 10.9. The van der Waals surface area contributed by atoms with Gasteiger partial charge in [-0.1, -0.05) is 0 Å². The molecule has 0 bridgehead atoms. The van der Waals surface area contributed by atoms with Crippen molar-refractivity contribution in [2.24, 2.45) is 10.7 Å². The number of nitrogens with zero attached hydrogens (tertiary/aromatic N) is 1. The summed E-state index contributed by atoms with van der Waals surface area (Å²) in [6.07, 6.45) is 4.07. The lowest BCUT2D eigenvalue weighted by Crippen LogP contribution is -2.45. The number of aliphatic imine (C=N–C) groups is 1. The number of carbonyl (C=O) groups excluding carboxylic acids is 1. The Morgan fingerprint density at radius 2 is 1.67 bits per heavy atom. The van der Waals surface area contributed by atoms with Crippen LogP contribution in [0.4, 0.5) is 0 Å². The summed E-state index contributed by atoms with van der Waals surface area (Å²) in [5.74, 6) is 0.555. The Balaban J connectivity index is 2.26. The Bertz CT molecular complexity index is 244. The Hall–Kier alpha value is -1.26. The molecule has 0 saturated heterocycles. The van der Waals surface area contributed by atoms with Crippen molar-refractivity contribution in [2.45, 2.75) is 44.7 Å². The normalized spacial score (nSPS) is 27.2. The average Bonchev–Trinajstić information content (AvgIpc) is 2.20. The van der Waals surface area contributed by atoms with E-state index in [1.165, 1.54) is 0 Å². The first-order valence-corrected chi connectivity index (χ1v) is 5.37. The van der Waals surface area contributed by atoms with E-state index in [-0.39, 0.29) is 5.91 Å². The summed E-state index contributed by atoms with van der Waals surface area (Å²) < 4.78 is 0. The molecule has 1 saturated carbocycles. The number of nitrogens with two attached hydrogens (primary N) is 1. The van der Waals surface area contributed by atoms with Crippen LogP contribution in [0.2, 0.25) is 0 Å². The molecule has 0 aromatic heterocycles. The van der Waals surface area contributed by atoms with Gasteiger partial charge in [0.2, 0.25) is 5.91 Å². The van der Waals surface area contributed by atoms with Crippen LogP contribution in [-0.4, -0.2) is 31.0 Å². The number of hydrogen-bond acceptors (Lipinski definition) is 2. The molecule has 1 amide bonds. The largest absolute Gasteiger partial charge is 0.370 e. The lowest BCUT2D eigenvalue weighted by atomic mass is 9.91. The van der Waals surface area contributed by atoms with E-state index in [9.17, 15) is 4.79 Å². The monoisotopic (exact) mass is 212 g/mol. The zero-order valence-corrected chi connectivity index (χ0v) is 9.42. The molecule has 0 aromatic rings. The fourth-order valence-electron chi connectivity index (χ4n) is 1.94. The van der Waals surface area contributed by atoms with Crippen LogP contribution in [0, 0.1) is 0 Å². The van der Waals surface area contributed by atoms with Crippen molar-refractivity contribution in [1.82, 2.24) is 10.6 Å². The van der Waals surface area contributed by atoms with Gasteiger partial charge in [0.25, 0.3) is 0 Å². The minimum absolute atomic E-state index is 0.0565. The summed E-state index contributed by atoms with van der Waals surface area (Å²) in [5.41, 5.74) is 5.59. The van der Waals surface area contributed by atoms with Crippen molar-refractivity contribution in [3.05, 3.63) is 0 Å². The van der Waals surface area contributed by atoms with Gasteiger partial charge in [-0.25, -0.2) is 0 Å². The van der Waals surface area contributed by atoms with Gasteiger partial charge in [-0.05, 0) is 25.7 Å². The van der Waals surface area contributed by atoms with Crippen LogP contribution in [-0.2, 0) is 4.79 Å². The van der Waals surface area contributed by atoms with Crippen molar-refractivity contribution >= 4 is 11.9 Å². The number of nitrogens with one attached hydrogen (secondary N) is 2. The van der Waals surface area contributed by atoms with Crippen molar-refractivity contribution in [3.8, 4) is 0 Å². The van der Waals surface area contributed by atoms with Crippen LogP contribution in [0.5, 0.6) is 0 Å². The summed E-state index contributed by atoms with van der Waals surface area (Å²) >= 11 is 0. The minimum Gasteiger partial charge on any atom is -0.370 e. The zero-order valence-electron chi connectivity index (χ0n) is 9.42. The summed E-state index contributed by atoms with van der Waals surface area (Å²) in [6, 6.07) is 0.735. The summed E-state index contributed by atoms with van der Waals surface area (Å²) in [5, 5.41) is 6.10. The van der Waals surface area contributed by atoms with Gasteiger partial charge in [0.1, 0.15) is 0 Å². The van der Waals surface area contributed by atoms with E-state index in [1.807, 2.05) is 0 Å². The van der Waals surface area contributed by atoms with Gasteiger partial charge in [-0.3, -0.25) is 9.79 Å². The molecule has 4 N–H and O–H groups in total. The smallest absolute Gasteiger partial charge is 0.217 e. The van der Waals surface area contributed by atoms with Gasteiger partial charge >= 0.3 is 0 Å². The first kappa shape index (κ1) is 11.8. The number of guanidine groups is 1. The molecule has 0 spiro atoms. The first-order chi connectivity index (χ1) is 7.11. The predicted octanol–water partition coefficient (Wildman–Crippen LogP) is -0.0322.